The summed E-state index contributed by atoms with van der Waals surface area (Å²) in [5, 5.41) is 16.8. The van der Waals surface area contributed by atoms with E-state index < -0.39 is 11.7 Å². The number of carbonyl (C=O) groups excluding carboxylic acids is 1. The number of hydrogen-bond acceptors (Lipinski definition) is 5. The summed E-state index contributed by atoms with van der Waals surface area (Å²) in [6.07, 6.45) is 0. The van der Waals surface area contributed by atoms with E-state index in [-0.39, 0.29) is 34.0 Å². The summed E-state index contributed by atoms with van der Waals surface area (Å²) in [4.78, 5) is 17.2. The van der Waals surface area contributed by atoms with Crippen molar-refractivity contribution in [1.82, 2.24) is 10.1 Å². The Bertz CT molecular complexity index is 1170. The topological polar surface area (TPSA) is 88.2 Å². The number of halogens is 1. The molecule has 134 valence electrons. The van der Waals surface area contributed by atoms with E-state index in [0.717, 1.165) is 0 Å². The molecule has 0 fully saturated rings. The molecule has 7 heteroatoms. The van der Waals surface area contributed by atoms with Crippen molar-refractivity contribution in [2.24, 2.45) is 0 Å². The average molecular weight is 363 g/mol. The van der Waals surface area contributed by atoms with Gasteiger partial charge in [-0.25, -0.2) is 9.37 Å². The van der Waals surface area contributed by atoms with Gasteiger partial charge in [-0.2, -0.15) is 0 Å². The van der Waals surface area contributed by atoms with Crippen molar-refractivity contribution in [1.29, 1.82) is 0 Å². The van der Waals surface area contributed by atoms with E-state index in [4.69, 9.17) is 4.52 Å². The highest BCUT2D eigenvalue weighted by Crippen LogP contribution is 2.30. The van der Waals surface area contributed by atoms with Crippen LogP contribution < -0.4 is 5.32 Å². The monoisotopic (exact) mass is 363 g/mol. The van der Waals surface area contributed by atoms with Gasteiger partial charge < -0.3 is 14.9 Å². The number of aryl methyl sites for hydroxylation is 1. The molecule has 2 heterocycles. The Kier molecular flexibility index (Phi) is 4.04. The van der Waals surface area contributed by atoms with Crippen LogP contribution in [-0.2, 0) is 0 Å². The number of benzene rings is 2. The minimum Gasteiger partial charge on any atom is -0.506 e. The van der Waals surface area contributed by atoms with Gasteiger partial charge in [0, 0.05) is 5.56 Å². The van der Waals surface area contributed by atoms with E-state index in [9.17, 15) is 14.3 Å². The first-order chi connectivity index (χ1) is 13.0. The molecule has 0 saturated carbocycles. The number of amides is 1. The highest BCUT2D eigenvalue weighted by molar-refractivity contribution is 6.13. The molecule has 0 aliphatic rings. The summed E-state index contributed by atoms with van der Waals surface area (Å²) < 4.78 is 19.4. The number of anilines is 1. The Morgan fingerprint density at radius 1 is 1.15 bits per heavy atom. The number of carbonyl (C=O) groups is 1. The van der Waals surface area contributed by atoms with Gasteiger partial charge in [-0.15, -0.1) is 0 Å². The third-order valence-corrected chi connectivity index (χ3v) is 4.16. The fourth-order valence-corrected chi connectivity index (χ4v) is 2.85. The van der Waals surface area contributed by atoms with Crippen LogP contribution >= 0.6 is 0 Å². The molecule has 2 aromatic heterocycles. The molecule has 0 saturated heterocycles. The molecule has 0 atom stereocenters. The highest BCUT2D eigenvalue weighted by atomic mass is 19.1. The van der Waals surface area contributed by atoms with Crippen LogP contribution in [0, 0.1) is 12.7 Å². The quantitative estimate of drug-likeness (QED) is 0.530. The van der Waals surface area contributed by atoms with Crippen molar-refractivity contribution in [3.63, 3.8) is 0 Å². The van der Waals surface area contributed by atoms with Crippen LogP contribution in [0.2, 0.25) is 0 Å². The number of hydrogen-bond donors (Lipinski definition) is 2. The lowest BCUT2D eigenvalue weighted by Crippen LogP contribution is -2.13. The van der Waals surface area contributed by atoms with Gasteiger partial charge in [0.15, 0.2) is 0 Å². The summed E-state index contributed by atoms with van der Waals surface area (Å²) in [6.45, 7) is 1.69. The molecular formula is C20H14FN3O3. The zero-order valence-electron chi connectivity index (χ0n) is 14.2. The number of aromatic hydroxyl groups is 1. The van der Waals surface area contributed by atoms with Crippen molar-refractivity contribution in [3.8, 4) is 17.0 Å². The number of fused-ring (bicyclic) bond motifs is 1. The molecular weight excluding hydrogens is 349 g/mol. The summed E-state index contributed by atoms with van der Waals surface area (Å²) in [5.74, 6) is -1.02. The van der Waals surface area contributed by atoms with E-state index in [0.29, 0.717) is 11.1 Å². The molecule has 0 aliphatic carbocycles. The highest BCUT2D eigenvalue weighted by Gasteiger charge is 2.21. The van der Waals surface area contributed by atoms with Crippen LogP contribution in [-0.4, -0.2) is 21.2 Å². The van der Waals surface area contributed by atoms with Gasteiger partial charge in [0.05, 0.1) is 28.0 Å². The Balaban J connectivity index is 1.86. The second-order valence-electron chi connectivity index (χ2n) is 5.95. The van der Waals surface area contributed by atoms with Crippen molar-refractivity contribution in [2.45, 2.75) is 6.92 Å². The fraction of sp³-hybridized carbons (Fsp3) is 0.0500. The maximum absolute atomic E-state index is 14.2. The van der Waals surface area contributed by atoms with Crippen LogP contribution in [0.4, 0.5) is 10.1 Å². The molecule has 0 radical (unpaired) electrons. The number of pyridine rings is 1. The van der Waals surface area contributed by atoms with Crippen molar-refractivity contribution in [2.75, 3.05) is 5.32 Å². The molecule has 2 aromatic carbocycles. The van der Waals surface area contributed by atoms with Crippen LogP contribution in [0.1, 0.15) is 16.1 Å². The van der Waals surface area contributed by atoms with Crippen LogP contribution in [0.25, 0.3) is 22.4 Å². The third-order valence-electron chi connectivity index (χ3n) is 4.16. The predicted molar refractivity (Wildman–Crippen MR) is 98.0 cm³/mol. The molecule has 1 amide bonds. The van der Waals surface area contributed by atoms with Crippen LogP contribution in [0.3, 0.4) is 0 Å². The van der Waals surface area contributed by atoms with Gasteiger partial charge in [-0.1, -0.05) is 29.4 Å². The first-order valence-electron chi connectivity index (χ1n) is 8.16. The number of nitrogens with zero attached hydrogens (tertiary/aromatic N) is 2. The minimum atomic E-state index is -0.493. The lowest BCUT2D eigenvalue weighted by molar-refractivity contribution is 0.102. The molecule has 2 N–H and O–H groups in total. The first-order valence-corrected chi connectivity index (χ1v) is 8.16. The van der Waals surface area contributed by atoms with Crippen molar-refractivity contribution >= 4 is 22.7 Å². The van der Waals surface area contributed by atoms with E-state index in [1.54, 1.807) is 43.3 Å². The minimum absolute atomic E-state index is 0.0625. The van der Waals surface area contributed by atoms with E-state index >= 15 is 0 Å². The Labute approximate surface area is 153 Å². The van der Waals surface area contributed by atoms with Crippen LogP contribution in [0.5, 0.6) is 5.75 Å². The second kappa shape index (κ2) is 6.53. The molecule has 4 aromatic rings. The molecule has 0 spiro atoms. The molecule has 4 rings (SSSR count). The second-order valence-corrected chi connectivity index (χ2v) is 5.95. The first kappa shape index (κ1) is 16.7. The number of nitrogens with one attached hydrogen (secondary N) is 1. The van der Waals surface area contributed by atoms with Gasteiger partial charge >= 0.3 is 0 Å². The Morgan fingerprint density at radius 3 is 2.67 bits per heavy atom. The Hall–Kier alpha value is -3.74. The van der Waals surface area contributed by atoms with Gasteiger partial charge in [-0.05, 0) is 37.3 Å². The maximum Gasteiger partial charge on any atom is 0.259 e. The summed E-state index contributed by atoms with van der Waals surface area (Å²) in [6, 6.07) is 14.0. The molecule has 0 bridgehead atoms. The zero-order valence-corrected chi connectivity index (χ0v) is 14.2. The van der Waals surface area contributed by atoms with E-state index in [1.807, 2.05) is 0 Å². The predicted octanol–water partition coefficient (Wildman–Crippen LogP) is 4.30. The standard InChI is InChI=1S/C20H14FN3O3/c1-11-18-13(19(26)22-15-8-4-5-9-17(15)25)10-16(23-20(18)27-24-11)12-6-2-3-7-14(12)21/h2-10,25H,1H3,(H,22,26). The summed E-state index contributed by atoms with van der Waals surface area (Å²) >= 11 is 0. The number of aromatic nitrogens is 2. The van der Waals surface area contributed by atoms with E-state index in [1.165, 1.54) is 18.2 Å². The smallest absolute Gasteiger partial charge is 0.259 e. The molecule has 6 nitrogen and oxygen atoms in total. The summed E-state index contributed by atoms with van der Waals surface area (Å²) in [7, 11) is 0. The average Bonchev–Trinajstić information content (AvgIpc) is 3.04. The largest absolute Gasteiger partial charge is 0.506 e. The maximum atomic E-state index is 14.2. The summed E-state index contributed by atoms with van der Waals surface area (Å²) in [5.41, 5.74) is 1.59. The van der Waals surface area contributed by atoms with Gasteiger partial charge in [0.1, 0.15) is 11.6 Å². The fourth-order valence-electron chi connectivity index (χ4n) is 2.85. The van der Waals surface area contributed by atoms with Crippen molar-refractivity contribution < 1.29 is 18.8 Å². The molecule has 27 heavy (non-hydrogen) atoms. The number of phenolic OH excluding ortho intramolecular Hbond substituents is 1. The number of phenols is 1. The SMILES string of the molecule is Cc1noc2nc(-c3ccccc3F)cc(C(=O)Nc3ccccc3O)c12. The van der Waals surface area contributed by atoms with Gasteiger partial charge in [0.25, 0.3) is 11.6 Å². The van der Waals surface area contributed by atoms with E-state index in [2.05, 4.69) is 15.5 Å². The lowest BCUT2D eigenvalue weighted by Gasteiger charge is -2.09. The number of rotatable bonds is 3. The normalized spacial score (nSPS) is 10.9. The lowest BCUT2D eigenvalue weighted by atomic mass is 10.0. The number of para-hydroxylation sites is 2. The zero-order chi connectivity index (χ0) is 19.0. The molecule has 0 aliphatic heterocycles. The van der Waals surface area contributed by atoms with Gasteiger partial charge in [0.2, 0.25) is 0 Å². The van der Waals surface area contributed by atoms with Crippen molar-refractivity contribution in [3.05, 3.63) is 71.7 Å². The third kappa shape index (κ3) is 2.99. The molecule has 0 unspecified atom stereocenters. The van der Waals surface area contributed by atoms with Crippen LogP contribution in [0.15, 0.2) is 59.1 Å². The Morgan fingerprint density at radius 2 is 1.89 bits per heavy atom. The van der Waals surface area contributed by atoms with Gasteiger partial charge in [-0.3, -0.25) is 4.79 Å².